The summed E-state index contributed by atoms with van der Waals surface area (Å²) in [5.41, 5.74) is 0. The third kappa shape index (κ3) is 8.73. The van der Waals surface area contributed by atoms with E-state index in [0.717, 1.165) is 0 Å². The maximum atomic E-state index is 10.7. The molecule has 0 aliphatic carbocycles. The van der Waals surface area contributed by atoms with E-state index in [2.05, 4.69) is 0 Å². The fourth-order valence-electron chi connectivity index (χ4n) is 0.386. The van der Waals surface area contributed by atoms with Gasteiger partial charge < -0.3 is 9.79 Å². The molecule has 6 heteroatoms. The molecule has 2 N–H and O–H groups in total. The van der Waals surface area contributed by atoms with Crippen molar-refractivity contribution in [1.29, 1.82) is 0 Å². The molecule has 0 aliphatic rings. The summed E-state index contributed by atoms with van der Waals surface area (Å²) in [4.78, 5) is 27.3. The van der Waals surface area contributed by atoms with Crippen molar-refractivity contribution in [1.82, 2.24) is 0 Å². The molecular formula is C5H11NaO4P+. The van der Waals surface area contributed by atoms with E-state index < -0.39 is 19.5 Å². The van der Waals surface area contributed by atoms with E-state index in [1.165, 1.54) is 0 Å². The van der Waals surface area contributed by atoms with Gasteiger partial charge in [-0.25, -0.2) is 0 Å². The predicted molar refractivity (Wildman–Crippen MR) is 36.8 cm³/mol. The zero-order valence-electron chi connectivity index (χ0n) is 6.94. The molecule has 0 aromatic heterocycles. The summed E-state index contributed by atoms with van der Waals surface area (Å²) in [6.45, 7) is 3.22. The molecule has 0 rings (SSSR count). The van der Waals surface area contributed by atoms with Crippen LogP contribution in [0.4, 0.5) is 0 Å². The maximum absolute atomic E-state index is 10.7. The van der Waals surface area contributed by atoms with Gasteiger partial charge in [0.15, 0.2) is 0 Å². The molecule has 0 amide bonds. The molecule has 0 unspecified atom stereocenters. The monoisotopic (exact) mass is 189 g/mol. The number of carbonyl (C=O) groups is 1. The minimum absolute atomic E-state index is 0. The molecule has 0 aromatic carbocycles. The average Bonchev–Trinajstić information content (AvgIpc) is 1.60. The van der Waals surface area contributed by atoms with Gasteiger partial charge in [-0.05, 0) is 0 Å². The van der Waals surface area contributed by atoms with Crippen LogP contribution in [0.5, 0.6) is 0 Å². The van der Waals surface area contributed by atoms with Crippen LogP contribution in [0.1, 0.15) is 13.8 Å². The topological polar surface area (TPSA) is 74.6 Å². The van der Waals surface area contributed by atoms with Crippen molar-refractivity contribution in [2.24, 2.45) is 5.92 Å². The zero-order chi connectivity index (χ0) is 8.36. The quantitative estimate of drug-likeness (QED) is 0.377. The van der Waals surface area contributed by atoms with Crippen molar-refractivity contribution in [2.75, 3.05) is 6.16 Å². The van der Waals surface area contributed by atoms with Crippen LogP contribution in [0.15, 0.2) is 0 Å². The van der Waals surface area contributed by atoms with Crippen molar-refractivity contribution in [3.63, 3.8) is 0 Å². The molecule has 0 saturated carbocycles. The van der Waals surface area contributed by atoms with Crippen molar-refractivity contribution < 1.29 is 48.7 Å². The normalized spacial score (nSPS) is 11.0. The number of hydrogen-bond donors (Lipinski definition) is 2. The molecule has 0 atom stereocenters. The van der Waals surface area contributed by atoms with E-state index in [-0.39, 0.29) is 35.5 Å². The summed E-state index contributed by atoms with van der Waals surface area (Å²) < 4.78 is 10.2. The molecule has 11 heavy (non-hydrogen) atoms. The standard InChI is InChI=1S/C5H11O4P.Na/c1-4(2)5(6)3-10(7,8)9;/h4H,3H2,1-2H3,(H2,7,8,9);/q;+1. The fourth-order valence-corrected chi connectivity index (χ4v) is 1.16. The van der Waals surface area contributed by atoms with E-state index in [9.17, 15) is 9.36 Å². The molecule has 0 saturated heterocycles. The summed E-state index contributed by atoms with van der Waals surface area (Å²) >= 11 is 0. The van der Waals surface area contributed by atoms with Gasteiger partial charge in [-0.15, -0.1) is 0 Å². The third-order valence-corrected chi connectivity index (χ3v) is 1.73. The Kier molecular flexibility index (Phi) is 7.13. The Hall–Kier alpha value is 0.820. The van der Waals surface area contributed by atoms with E-state index in [4.69, 9.17) is 9.79 Å². The summed E-state index contributed by atoms with van der Waals surface area (Å²) in [7, 11) is -4.13. The minimum Gasteiger partial charge on any atom is -0.324 e. The summed E-state index contributed by atoms with van der Waals surface area (Å²) in [5.74, 6) is -0.694. The molecule has 0 bridgehead atoms. The first-order valence-electron chi connectivity index (χ1n) is 2.90. The second-order valence-corrected chi connectivity index (χ2v) is 4.09. The Labute approximate surface area is 87.8 Å². The van der Waals surface area contributed by atoms with Crippen LogP contribution < -0.4 is 29.6 Å². The van der Waals surface area contributed by atoms with Gasteiger partial charge in [0, 0.05) is 5.92 Å². The number of Topliss-reactive ketones (excluding diaryl/α,β-unsaturated/α-hetero) is 1. The molecule has 60 valence electrons. The van der Waals surface area contributed by atoms with Crippen LogP contribution >= 0.6 is 7.60 Å². The first-order chi connectivity index (χ1) is 4.33. The van der Waals surface area contributed by atoms with Gasteiger partial charge in [0.05, 0.1) is 0 Å². The van der Waals surface area contributed by atoms with Crippen molar-refractivity contribution in [3.05, 3.63) is 0 Å². The SMILES string of the molecule is CC(C)C(=O)CP(=O)(O)O.[Na+]. The van der Waals surface area contributed by atoms with Gasteiger partial charge in [-0.3, -0.25) is 9.36 Å². The summed E-state index contributed by atoms with van der Waals surface area (Å²) in [6, 6.07) is 0. The Bertz CT molecular complexity index is 173. The summed E-state index contributed by atoms with van der Waals surface area (Å²) in [5, 5.41) is 0. The van der Waals surface area contributed by atoms with Crippen LogP contribution in [0, 0.1) is 5.92 Å². The van der Waals surface area contributed by atoms with E-state index in [0.29, 0.717) is 0 Å². The van der Waals surface area contributed by atoms with Crippen molar-refractivity contribution >= 4 is 13.4 Å². The van der Waals surface area contributed by atoms with Crippen molar-refractivity contribution in [2.45, 2.75) is 13.8 Å². The van der Waals surface area contributed by atoms with Gasteiger partial charge in [0.1, 0.15) is 11.9 Å². The zero-order valence-corrected chi connectivity index (χ0v) is 9.84. The van der Waals surface area contributed by atoms with Gasteiger partial charge in [-0.2, -0.15) is 0 Å². The van der Waals surface area contributed by atoms with Crippen LogP contribution in [-0.4, -0.2) is 21.7 Å². The van der Waals surface area contributed by atoms with Gasteiger partial charge in [-0.1, -0.05) is 13.8 Å². The Morgan fingerprint density at radius 2 is 1.82 bits per heavy atom. The molecule has 0 aliphatic heterocycles. The number of ketones is 1. The molecule has 4 nitrogen and oxygen atoms in total. The second-order valence-electron chi connectivity index (χ2n) is 2.44. The van der Waals surface area contributed by atoms with Gasteiger partial charge in [0.2, 0.25) is 0 Å². The van der Waals surface area contributed by atoms with E-state index in [1.807, 2.05) is 0 Å². The van der Waals surface area contributed by atoms with Gasteiger partial charge in [0.25, 0.3) is 0 Å². The van der Waals surface area contributed by atoms with Crippen LogP contribution in [-0.2, 0) is 9.36 Å². The van der Waals surface area contributed by atoms with Gasteiger partial charge >= 0.3 is 37.2 Å². The fraction of sp³-hybridized carbons (Fsp3) is 0.800. The number of rotatable bonds is 3. The van der Waals surface area contributed by atoms with Crippen molar-refractivity contribution in [3.8, 4) is 0 Å². The number of hydrogen-bond acceptors (Lipinski definition) is 2. The largest absolute Gasteiger partial charge is 1.00 e. The average molecular weight is 189 g/mol. The second kappa shape index (κ2) is 5.46. The maximum Gasteiger partial charge on any atom is 1.00 e. The van der Waals surface area contributed by atoms with E-state index >= 15 is 0 Å². The molecule has 0 fully saturated rings. The first kappa shape index (κ1) is 14.3. The predicted octanol–water partition coefficient (Wildman–Crippen LogP) is -2.61. The number of carbonyl (C=O) groups excluding carboxylic acids is 1. The molecule has 0 radical (unpaired) electrons. The van der Waals surface area contributed by atoms with Crippen LogP contribution in [0.3, 0.4) is 0 Å². The smallest absolute Gasteiger partial charge is 0.324 e. The summed E-state index contributed by atoms with van der Waals surface area (Å²) in [6.07, 6.45) is -0.634. The minimum atomic E-state index is -4.13. The molecule has 0 aromatic rings. The van der Waals surface area contributed by atoms with E-state index in [1.54, 1.807) is 13.8 Å². The Morgan fingerprint density at radius 3 is 1.91 bits per heavy atom. The third-order valence-electron chi connectivity index (χ3n) is 1.01. The molecule has 0 heterocycles. The van der Waals surface area contributed by atoms with Crippen LogP contribution in [0.2, 0.25) is 0 Å². The molecular weight excluding hydrogens is 178 g/mol. The van der Waals surface area contributed by atoms with Crippen LogP contribution in [0.25, 0.3) is 0 Å². The Morgan fingerprint density at radius 1 is 1.45 bits per heavy atom. The Balaban J connectivity index is 0. The first-order valence-corrected chi connectivity index (χ1v) is 4.70. The molecule has 0 spiro atoms.